The SMILES string of the molecule is [CH2]CCCCCCCC[PH](c1ccccc1)(c1ccccc1)c1ccccc1. The Morgan fingerprint density at radius 2 is 0.821 bits per heavy atom. The Hall–Kier alpha value is -1.91. The molecule has 147 valence electrons. The molecule has 0 nitrogen and oxygen atoms in total. The summed E-state index contributed by atoms with van der Waals surface area (Å²) in [4.78, 5) is 0. The van der Waals surface area contributed by atoms with Crippen molar-refractivity contribution in [1.29, 1.82) is 0 Å². The van der Waals surface area contributed by atoms with Gasteiger partial charge in [-0.1, -0.05) is 0 Å². The van der Waals surface area contributed by atoms with Crippen LogP contribution in [0.15, 0.2) is 91.0 Å². The second-order valence-corrected chi connectivity index (χ2v) is 11.8. The second-order valence-electron chi connectivity index (χ2n) is 7.73. The standard InChI is InChI=1S/C27H34P/c1-2-3-4-5-6-7-17-24-28(25-18-11-8-12-19-25,26-20-13-9-14-21-26)27-22-15-10-16-23-27/h8-16,18-23,28H,1-7,17,24H2. The second kappa shape index (κ2) is 11.2. The van der Waals surface area contributed by atoms with Crippen LogP contribution in [0.25, 0.3) is 0 Å². The third-order valence-electron chi connectivity index (χ3n) is 5.85. The van der Waals surface area contributed by atoms with Gasteiger partial charge in [0.05, 0.1) is 0 Å². The van der Waals surface area contributed by atoms with Gasteiger partial charge in [0.1, 0.15) is 0 Å². The topological polar surface area (TPSA) is 0 Å². The predicted octanol–water partition coefficient (Wildman–Crippen LogP) is 6.28. The molecule has 0 unspecified atom stereocenters. The van der Waals surface area contributed by atoms with E-state index < -0.39 is 7.26 Å². The van der Waals surface area contributed by atoms with Crippen molar-refractivity contribution in [3.63, 3.8) is 0 Å². The molecule has 3 aromatic carbocycles. The molecule has 0 saturated heterocycles. The number of rotatable bonds is 11. The van der Waals surface area contributed by atoms with Gasteiger partial charge in [-0.15, -0.1) is 0 Å². The van der Waals surface area contributed by atoms with E-state index in [-0.39, 0.29) is 0 Å². The van der Waals surface area contributed by atoms with Crippen LogP contribution in [0.2, 0.25) is 0 Å². The summed E-state index contributed by atoms with van der Waals surface area (Å²) < 4.78 is 0. The molecule has 1 heteroatoms. The zero-order chi connectivity index (χ0) is 19.5. The summed E-state index contributed by atoms with van der Waals surface area (Å²) in [5.41, 5.74) is 0. The Balaban J connectivity index is 1.91. The van der Waals surface area contributed by atoms with Gasteiger partial charge in [-0.2, -0.15) is 0 Å². The van der Waals surface area contributed by atoms with E-state index in [4.69, 9.17) is 0 Å². The van der Waals surface area contributed by atoms with Crippen molar-refractivity contribution in [2.24, 2.45) is 0 Å². The molecule has 0 spiro atoms. The molecule has 0 fully saturated rings. The van der Waals surface area contributed by atoms with E-state index in [1.165, 1.54) is 60.6 Å². The predicted molar refractivity (Wildman–Crippen MR) is 129 cm³/mol. The average Bonchev–Trinajstić information content (AvgIpc) is 2.78. The number of benzene rings is 3. The average molecular weight is 390 g/mol. The minimum atomic E-state index is -2.01. The van der Waals surface area contributed by atoms with E-state index in [0.29, 0.717) is 0 Å². The maximum atomic E-state index is 3.96. The molecule has 3 aromatic rings. The number of hydrogen-bond donors (Lipinski definition) is 0. The van der Waals surface area contributed by atoms with Gasteiger partial charge in [-0.05, 0) is 0 Å². The molecule has 0 saturated carbocycles. The summed E-state index contributed by atoms with van der Waals surface area (Å²) in [5, 5.41) is 4.60. The van der Waals surface area contributed by atoms with Crippen molar-refractivity contribution in [1.82, 2.24) is 0 Å². The third-order valence-corrected chi connectivity index (χ3v) is 10.9. The van der Waals surface area contributed by atoms with Crippen LogP contribution in [-0.2, 0) is 0 Å². The van der Waals surface area contributed by atoms with E-state index in [1.807, 2.05) is 0 Å². The van der Waals surface area contributed by atoms with Crippen molar-refractivity contribution in [3.05, 3.63) is 97.9 Å². The van der Waals surface area contributed by atoms with Crippen molar-refractivity contribution < 1.29 is 0 Å². The van der Waals surface area contributed by atoms with Crippen LogP contribution < -0.4 is 15.9 Å². The zero-order valence-electron chi connectivity index (χ0n) is 17.0. The van der Waals surface area contributed by atoms with Gasteiger partial charge >= 0.3 is 172 Å². The van der Waals surface area contributed by atoms with Crippen LogP contribution in [-0.4, -0.2) is 6.16 Å². The monoisotopic (exact) mass is 389 g/mol. The van der Waals surface area contributed by atoms with Crippen LogP contribution in [0.1, 0.15) is 44.9 Å². The molecule has 0 aliphatic carbocycles. The summed E-state index contributed by atoms with van der Waals surface area (Å²) in [5.74, 6) is 0. The van der Waals surface area contributed by atoms with Gasteiger partial charge in [0.15, 0.2) is 0 Å². The Morgan fingerprint density at radius 3 is 1.21 bits per heavy atom. The first-order valence-corrected chi connectivity index (χ1v) is 13.0. The fourth-order valence-electron chi connectivity index (χ4n) is 4.38. The molecule has 0 bridgehead atoms. The molecule has 0 aliphatic heterocycles. The molecule has 3 rings (SSSR count). The summed E-state index contributed by atoms with van der Waals surface area (Å²) in [7, 11) is -2.01. The van der Waals surface area contributed by atoms with Crippen LogP contribution in [0, 0.1) is 6.92 Å². The van der Waals surface area contributed by atoms with Gasteiger partial charge in [-0.3, -0.25) is 0 Å². The quantitative estimate of drug-likeness (QED) is 0.267. The Labute approximate surface area is 172 Å². The molecule has 0 N–H and O–H groups in total. The van der Waals surface area contributed by atoms with E-state index in [1.54, 1.807) is 0 Å². The van der Waals surface area contributed by atoms with E-state index >= 15 is 0 Å². The van der Waals surface area contributed by atoms with Crippen LogP contribution in [0.4, 0.5) is 0 Å². The van der Waals surface area contributed by atoms with Crippen molar-refractivity contribution in [2.75, 3.05) is 6.16 Å². The number of unbranched alkanes of at least 4 members (excludes halogenated alkanes) is 6. The zero-order valence-corrected chi connectivity index (χ0v) is 18.0. The molecule has 0 atom stereocenters. The van der Waals surface area contributed by atoms with Gasteiger partial charge in [0, 0.05) is 0 Å². The summed E-state index contributed by atoms with van der Waals surface area (Å²) in [6.45, 7) is 3.96. The van der Waals surface area contributed by atoms with Gasteiger partial charge in [0.25, 0.3) is 0 Å². The molecular formula is C27H34P. The molecular weight excluding hydrogens is 355 g/mol. The van der Waals surface area contributed by atoms with Crippen LogP contribution >= 0.6 is 7.26 Å². The van der Waals surface area contributed by atoms with Crippen molar-refractivity contribution >= 4 is 23.2 Å². The first kappa shape index (κ1) is 20.8. The van der Waals surface area contributed by atoms with Crippen molar-refractivity contribution in [3.8, 4) is 0 Å². The van der Waals surface area contributed by atoms with Gasteiger partial charge < -0.3 is 0 Å². The Bertz CT molecular complexity index is 684. The molecule has 1 radical (unpaired) electrons. The first-order chi connectivity index (χ1) is 13.9. The van der Waals surface area contributed by atoms with Crippen LogP contribution in [0.3, 0.4) is 0 Å². The summed E-state index contributed by atoms with van der Waals surface area (Å²) >= 11 is 0. The van der Waals surface area contributed by atoms with E-state index in [2.05, 4.69) is 97.9 Å². The maximum absolute atomic E-state index is 3.96. The van der Waals surface area contributed by atoms with Gasteiger partial charge in [-0.25, -0.2) is 0 Å². The third kappa shape index (κ3) is 5.12. The first-order valence-electron chi connectivity index (χ1n) is 10.8. The normalized spacial score (nSPS) is 12.0. The fraction of sp³-hybridized carbons (Fsp3) is 0.296. The molecule has 0 aliphatic rings. The summed E-state index contributed by atoms with van der Waals surface area (Å²) in [6, 6.07) is 33.9. The fourth-order valence-corrected chi connectivity index (χ4v) is 9.31. The molecule has 0 amide bonds. The van der Waals surface area contributed by atoms with E-state index in [9.17, 15) is 0 Å². The molecule has 28 heavy (non-hydrogen) atoms. The minimum absolute atomic E-state index is 1.08. The number of hydrogen-bond acceptors (Lipinski definition) is 0. The molecule has 0 aromatic heterocycles. The Kier molecular flexibility index (Phi) is 8.31. The van der Waals surface area contributed by atoms with E-state index in [0.717, 1.165) is 6.42 Å². The van der Waals surface area contributed by atoms with Crippen LogP contribution in [0.5, 0.6) is 0 Å². The Morgan fingerprint density at radius 1 is 0.464 bits per heavy atom. The van der Waals surface area contributed by atoms with Gasteiger partial charge in [0.2, 0.25) is 0 Å². The molecule has 0 heterocycles. The summed E-state index contributed by atoms with van der Waals surface area (Å²) in [6.07, 6.45) is 10.3. The van der Waals surface area contributed by atoms with Crippen molar-refractivity contribution in [2.45, 2.75) is 44.9 Å².